The number of hydrogen-bond donors (Lipinski definition) is 8. The Hall–Kier alpha value is -0.320. The first-order valence-corrected chi connectivity index (χ1v) is 13.3. The zero-order chi connectivity index (χ0) is 28.8. The van der Waals surface area contributed by atoms with Gasteiger partial charge in [-0.3, -0.25) is 0 Å². The fourth-order valence-corrected chi connectivity index (χ4v) is 9.12. The van der Waals surface area contributed by atoms with E-state index in [9.17, 15) is 40.9 Å². The number of aliphatic hydroxyl groups excluding tert-OH is 6. The van der Waals surface area contributed by atoms with Crippen molar-refractivity contribution in [3.63, 3.8) is 0 Å². The molecule has 35 heavy (non-hydrogen) atoms. The van der Waals surface area contributed by atoms with Crippen LogP contribution in [0.3, 0.4) is 0 Å². The summed E-state index contributed by atoms with van der Waals surface area (Å²) in [7, 11) is 0. The summed E-state index contributed by atoms with van der Waals surface area (Å²) in [5, 5.41) is 88.8. The summed E-state index contributed by atoms with van der Waals surface area (Å²) in [6.45, 7) is 7.52. The third kappa shape index (κ3) is 3.85. The molecule has 4 aliphatic carbocycles. The Balaban J connectivity index is 1.74. The van der Waals surface area contributed by atoms with Crippen LogP contribution >= 0.6 is 0 Å². The lowest BCUT2D eigenvalue weighted by Crippen LogP contribution is -2.76. The SMILES string of the molecule is [2H]C1([2H])C[C@]2(C)[C@H]3CC[C@]4(C)[C@@H]([C@H](C)CCC[C@H](C)CO)[C@@H](O)[C@@H](O)[C@H]4[C@]3(O)[C@H](O)[C@H](O)[C@H]2[C@@]([2H])(O)[C@H]1O. The average molecular weight is 504 g/mol. The number of hydrogen-bond acceptors (Lipinski definition) is 8. The van der Waals surface area contributed by atoms with E-state index in [-0.39, 0.29) is 31.3 Å². The molecule has 8 N–H and O–H groups in total. The van der Waals surface area contributed by atoms with Gasteiger partial charge in [-0.1, -0.05) is 40.5 Å². The van der Waals surface area contributed by atoms with E-state index < -0.39 is 83.1 Å². The molecule has 8 heteroatoms. The van der Waals surface area contributed by atoms with Crippen LogP contribution in [-0.4, -0.2) is 89.7 Å². The lowest BCUT2D eigenvalue weighted by molar-refractivity contribution is -0.322. The van der Waals surface area contributed by atoms with Gasteiger partial charge in [-0.05, 0) is 66.6 Å². The fourth-order valence-electron chi connectivity index (χ4n) is 9.12. The Morgan fingerprint density at radius 3 is 2.23 bits per heavy atom. The van der Waals surface area contributed by atoms with E-state index in [4.69, 9.17) is 4.11 Å². The molecule has 0 aromatic heterocycles. The zero-order valence-corrected chi connectivity index (χ0v) is 21.4. The lowest BCUT2D eigenvalue weighted by Gasteiger charge is -2.67. The second-order valence-electron chi connectivity index (χ2n) is 12.8. The standard InChI is InChI=1S/C27H48O8/c1-13(12-28)6-5-7-14(2)17-20(31)22(33)23-26(17,4)11-9-16-25(3)10-8-15(29)19(30)18(25)21(32)24(34)27(16,23)35/h13-24,28-35H,5-12H2,1-4H3/t13-,14+,15-,16+,17-,18+,19-,20+,21+,22+,23+,24+,25+,26+,27-/m0/s1/i8D2,19D. The van der Waals surface area contributed by atoms with Crippen molar-refractivity contribution in [3.8, 4) is 0 Å². The Kier molecular flexibility index (Phi) is 6.42. The van der Waals surface area contributed by atoms with Gasteiger partial charge in [-0.15, -0.1) is 0 Å². The predicted molar refractivity (Wildman–Crippen MR) is 129 cm³/mol. The topological polar surface area (TPSA) is 162 Å². The highest BCUT2D eigenvalue weighted by Crippen LogP contribution is 2.69. The average Bonchev–Trinajstić information content (AvgIpc) is 3.01. The van der Waals surface area contributed by atoms with Gasteiger partial charge < -0.3 is 40.9 Å². The van der Waals surface area contributed by atoms with Crippen LogP contribution in [0.15, 0.2) is 0 Å². The first-order valence-electron chi connectivity index (χ1n) is 14.8. The van der Waals surface area contributed by atoms with Gasteiger partial charge in [0.1, 0.15) is 11.7 Å². The zero-order valence-electron chi connectivity index (χ0n) is 24.4. The summed E-state index contributed by atoms with van der Waals surface area (Å²) < 4.78 is 25.3. The van der Waals surface area contributed by atoms with E-state index in [0.29, 0.717) is 6.42 Å². The molecule has 4 rings (SSSR count). The normalized spacial score (nSPS) is 60.3. The molecule has 0 spiro atoms. The van der Waals surface area contributed by atoms with Crippen molar-refractivity contribution in [2.75, 3.05) is 6.61 Å². The monoisotopic (exact) mass is 503 g/mol. The van der Waals surface area contributed by atoms with Crippen molar-refractivity contribution in [1.29, 1.82) is 0 Å². The molecule has 8 nitrogen and oxygen atoms in total. The van der Waals surface area contributed by atoms with Gasteiger partial charge in [0.15, 0.2) is 0 Å². The molecule has 15 atom stereocenters. The van der Waals surface area contributed by atoms with E-state index in [1.165, 1.54) is 0 Å². The molecular formula is C27H48O8. The largest absolute Gasteiger partial charge is 0.396 e. The van der Waals surface area contributed by atoms with Crippen molar-refractivity contribution >= 4 is 0 Å². The minimum Gasteiger partial charge on any atom is -0.396 e. The predicted octanol–water partition coefficient (Wildman–Crippen LogP) is 0.410. The number of fused-ring (bicyclic) bond motifs is 5. The van der Waals surface area contributed by atoms with E-state index in [1.54, 1.807) is 6.92 Å². The summed E-state index contributed by atoms with van der Waals surface area (Å²) in [4.78, 5) is 0. The maximum atomic E-state index is 12.4. The maximum Gasteiger partial charge on any atom is 0.110 e. The van der Waals surface area contributed by atoms with Crippen molar-refractivity contribution < 1.29 is 45.0 Å². The van der Waals surface area contributed by atoms with Gasteiger partial charge >= 0.3 is 0 Å². The lowest BCUT2D eigenvalue weighted by atomic mass is 9.40. The smallest absolute Gasteiger partial charge is 0.110 e. The van der Waals surface area contributed by atoms with Gasteiger partial charge in [-0.25, -0.2) is 0 Å². The van der Waals surface area contributed by atoms with Gasteiger partial charge in [0.25, 0.3) is 0 Å². The Morgan fingerprint density at radius 1 is 0.943 bits per heavy atom. The Morgan fingerprint density at radius 2 is 1.60 bits per heavy atom. The van der Waals surface area contributed by atoms with Crippen LogP contribution in [0.5, 0.6) is 0 Å². The quantitative estimate of drug-likeness (QED) is 0.258. The molecule has 4 aliphatic rings. The van der Waals surface area contributed by atoms with E-state index in [2.05, 4.69) is 0 Å². The number of rotatable bonds is 6. The molecule has 0 amide bonds. The van der Waals surface area contributed by atoms with Crippen LogP contribution < -0.4 is 0 Å². The summed E-state index contributed by atoms with van der Waals surface area (Å²) in [6.07, 6.45) is -11.1. The van der Waals surface area contributed by atoms with E-state index in [1.807, 2.05) is 20.8 Å². The van der Waals surface area contributed by atoms with Gasteiger partial charge in [0.05, 0.1) is 31.9 Å². The fraction of sp³-hybridized carbons (Fsp3) is 1.00. The minimum absolute atomic E-state index is 0.0491. The van der Waals surface area contributed by atoms with Gasteiger partial charge in [0, 0.05) is 21.2 Å². The summed E-state index contributed by atoms with van der Waals surface area (Å²) >= 11 is 0. The molecule has 0 bridgehead atoms. The third-order valence-corrected chi connectivity index (χ3v) is 10.8. The third-order valence-electron chi connectivity index (χ3n) is 10.8. The molecule has 4 saturated carbocycles. The van der Waals surface area contributed by atoms with E-state index in [0.717, 1.165) is 19.3 Å². The summed E-state index contributed by atoms with van der Waals surface area (Å²) in [6, 6.07) is 0. The number of aliphatic hydroxyl groups is 8. The van der Waals surface area contributed by atoms with Crippen molar-refractivity contribution in [3.05, 3.63) is 0 Å². The summed E-state index contributed by atoms with van der Waals surface area (Å²) in [5.41, 5.74) is -4.35. The first-order chi connectivity index (χ1) is 17.3. The molecule has 0 aromatic carbocycles. The second-order valence-corrected chi connectivity index (χ2v) is 12.8. The van der Waals surface area contributed by atoms with Crippen molar-refractivity contribution in [1.82, 2.24) is 0 Å². The highest BCUT2D eigenvalue weighted by molar-refractivity contribution is 5.25. The molecule has 0 saturated heterocycles. The van der Waals surface area contributed by atoms with Crippen LogP contribution in [0, 0.1) is 46.3 Å². The highest BCUT2D eigenvalue weighted by atomic mass is 16.4. The molecule has 4 fully saturated rings. The second kappa shape index (κ2) is 9.45. The van der Waals surface area contributed by atoms with Crippen LogP contribution in [0.2, 0.25) is 0 Å². The van der Waals surface area contributed by atoms with Crippen LogP contribution in [0.4, 0.5) is 0 Å². The first kappa shape index (κ1) is 23.8. The molecule has 204 valence electrons. The highest BCUT2D eigenvalue weighted by Gasteiger charge is 2.76. The molecule has 0 aromatic rings. The molecule has 0 unspecified atom stereocenters. The summed E-state index contributed by atoms with van der Waals surface area (Å²) in [5.74, 6) is -3.74. The van der Waals surface area contributed by atoms with Crippen LogP contribution in [-0.2, 0) is 0 Å². The van der Waals surface area contributed by atoms with Gasteiger partial charge in [0.2, 0.25) is 0 Å². The van der Waals surface area contributed by atoms with Crippen molar-refractivity contribution in [2.45, 2.75) is 115 Å². The van der Waals surface area contributed by atoms with Gasteiger partial charge in [-0.2, -0.15) is 0 Å². The Labute approximate surface area is 213 Å². The van der Waals surface area contributed by atoms with Crippen molar-refractivity contribution in [2.24, 2.45) is 46.3 Å². The van der Waals surface area contributed by atoms with E-state index >= 15 is 0 Å². The molecule has 0 aliphatic heterocycles. The maximum absolute atomic E-state index is 12.4. The Bertz CT molecular complexity index is 892. The molecule has 0 radical (unpaired) electrons. The van der Waals surface area contributed by atoms with Crippen LogP contribution in [0.25, 0.3) is 0 Å². The van der Waals surface area contributed by atoms with Crippen LogP contribution in [0.1, 0.15) is 76.7 Å². The molecule has 0 heterocycles. The molecular weight excluding hydrogens is 452 g/mol. The minimum atomic E-state index is -2.82.